The highest BCUT2D eigenvalue weighted by Gasteiger charge is 2.33. The van der Waals surface area contributed by atoms with Crippen LogP contribution < -0.4 is 0 Å². The maximum Gasteiger partial charge on any atom is 0.273 e. The summed E-state index contributed by atoms with van der Waals surface area (Å²) in [6, 6.07) is 14.3. The van der Waals surface area contributed by atoms with E-state index in [-0.39, 0.29) is 11.9 Å². The molecule has 132 valence electrons. The largest absolute Gasteiger partial charge is 0.330 e. The van der Waals surface area contributed by atoms with Gasteiger partial charge in [-0.3, -0.25) is 4.79 Å². The first kappa shape index (κ1) is 15.8. The van der Waals surface area contributed by atoms with Crippen molar-refractivity contribution in [3.8, 4) is 5.69 Å². The standard InChI is InChI=1S/C21H21N3OS/c1-14-17-10-12-26-20(17)9-11-23(14)21(25)19-13-18(15-7-8-15)22-24(19)16-5-3-2-4-6-16/h2-6,10,12-15H,7-9,11H2,1H3. The molecule has 1 saturated carbocycles. The van der Waals surface area contributed by atoms with Crippen LogP contribution in [0.15, 0.2) is 47.8 Å². The summed E-state index contributed by atoms with van der Waals surface area (Å²) in [4.78, 5) is 16.9. The van der Waals surface area contributed by atoms with E-state index in [1.54, 1.807) is 11.3 Å². The zero-order chi connectivity index (χ0) is 17.7. The van der Waals surface area contributed by atoms with Crippen LogP contribution in [0.3, 0.4) is 0 Å². The summed E-state index contributed by atoms with van der Waals surface area (Å²) in [6.45, 7) is 2.90. The molecule has 1 unspecified atom stereocenters. The number of hydrogen-bond acceptors (Lipinski definition) is 3. The highest BCUT2D eigenvalue weighted by atomic mass is 32.1. The van der Waals surface area contributed by atoms with Crippen molar-refractivity contribution < 1.29 is 4.79 Å². The van der Waals surface area contributed by atoms with E-state index in [1.165, 1.54) is 23.3 Å². The minimum atomic E-state index is 0.0811. The van der Waals surface area contributed by atoms with Crippen LogP contribution >= 0.6 is 11.3 Å². The summed E-state index contributed by atoms with van der Waals surface area (Å²) in [5.74, 6) is 0.603. The van der Waals surface area contributed by atoms with E-state index in [0.717, 1.165) is 24.3 Å². The first-order valence-corrected chi connectivity index (χ1v) is 10.1. The number of thiophene rings is 1. The molecule has 1 aliphatic heterocycles. The number of amides is 1. The number of carbonyl (C=O) groups is 1. The molecule has 5 rings (SSSR count). The normalized spacial score (nSPS) is 19.4. The summed E-state index contributed by atoms with van der Waals surface area (Å²) < 4.78 is 1.84. The molecule has 1 aliphatic carbocycles. The monoisotopic (exact) mass is 363 g/mol. The van der Waals surface area contributed by atoms with Gasteiger partial charge in [-0.2, -0.15) is 5.10 Å². The molecule has 1 fully saturated rings. The second kappa shape index (κ2) is 6.09. The number of aromatic nitrogens is 2. The molecule has 4 nitrogen and oxygen atoms in total. The summed E-state index contributed by atoms with van der Waals surface area (Å²) in [5, 5.41) is 6.92. The molecule has 1 aromatic carbocycles. The first-order chi connectivity index (χ1) is 12.7. The second-order valence-electron chi connectivity index (χ2n) is 7.20. The molecule has 0 bridgehead atoms. The molecule has 3 aromatic rings. The lowest BCUT2D eigenvalue weighted by molar-refractivity contribution is 0.0670. The smallest absolute Gasteiger partial charge is 0.273 e. The van der Waals surface area contributed by atoms with Gasteiger partial charge in [0.2, 0.25) is 0 Å². The third-order valence-corrected chi connectivity index (χ3v) is 6.48. The molecule has 2 aliphatic rings. The molecular formula is C21H21N3OS. The highest BCUT2D eigenvalue weighted by molar-refractivity contribution is 7.10. The van der Waals surface area contributed by atoms with E-state index < -0.39 is 0 Å². The van der Waals surface area contributed by atoms with Gasteiger partial charge in [0.05, 0.1) is 17.4 Å². The minimum Gasteiger partial charge on any atom is -0.330 e. The van der Waals surface area contributed by atoms with E-state index in [2.05, 4.69) is 18.4 Å². The fraction of sp³-hybridized carbons (Fsp3) is 0.333. The molecule has 1 amide bonds. The van der Waals surface area contributed by atoms with Crippen molar-refractivity contribution in [3.05, 3.63) is 69.7 Å². The van der Waals surface area contributed by atoms with Crippen LogP contribution in [0.2, 0.25) is 0 Å². The average molecular weight is 363 g/mol. The Morgan fingerprint density at radius 3 is 2.77 bits per heavy atom. The molecule has 0 N–H and O–H groups in total. The second-order valence-corrected chi connectivity index (χ2v) is 8.20. The number of fused-ring (bicyclic) bond motifs is 1. The van der Waals surface area contributed by atoms with Gasteiger partial charge in [-0.15, -0.1) is 11.3 Å². The lowest BCUT2D eigenvalue weighted by atomic mass is 10.0. The van der Waals surface area contributed by atoms with E-state index in [1.807, 2.05) is 46.0 Å². The summed E-state index contributed by atoms with van der Waals surface area (Å²) in [5.41, 5.74) is 3.98. The third-order valence-electron chi connectivity index (χ3n) is 5.48. The SMILES string of the molecule is CC1c2ccsc2CCN1C(=O)c1cc(C2CC2)nn1-c1ccccc1. The van der Waals surface area contributed by atoms with Crippen molar-refractivity contribution in [1.82, 2.24) is 14.7 Å². The van der Waals surface area contributed by atoms with Gasteiger partial charge in [0, 0.05) is 17.3 Å². The molecule has 0 radical (unpaired) electrons. The van der Waals surface area contributed by atoms with Gasteiger partial charge in [-0.1, -0.05) is 18.2 Å². The number of nitrogens with zero attached hydrogens (tertiary/aromatic N) is 3. The molecule has 0 saturated heterocycles. The Hall–Kier alpha value is -2.40. The zero-order valence-corrected chi connectivity index (χ0v) is 15.6. The lowest BCUT2D eigenvalue weighted by Gasteiger charge is -2.33. The van der Waals surface area contributed by atoms with Crippen molar-refractivity contribution in [2.24, 2.45) is 0 Å². The van der Waals surface area contributed by atoms with E-state index >= 15 is 0 Å². The van der Waals surface area contributed by atoms with Crippen molar-refractivity contribution in [2.45, 2.75) is 38.1 Å². The average Bonchev–Trinajstić information content (AvgIpc) is 3.24. The van der Waals surface area contributed by atoms with Crippen molar-refractivity contribution in [1.29, 1.82) is 0 Å². The Bertz CT molecular complexity index is 955. The topological polar surface area (TPSA) is 38.1 Å². The van der Waals surface area contributed by atoms with Gasteiger partial charge in [0.1, 0.15) is 5.69 Å². The molecular weight excluding hydrogens is 342 g/mol. The van der Waals surface area contributed by atoms with E-state index in [4.69, 9.17) is 5.10 Å². The predicted octanol–water partition coefficient (Wildman–Crippen LogP) is 4.57. The maximum atomic E-state index is 13.5. The Kier molecular flexibility index (Phi) is 3.71. The fourth-order valence-corrected chi connectivity index (χ4v) is 4.79. The quantitative estimate of drug-likeness (QED) is 0.684. The molecule has 2 aromatic heterocycles. The van der Waals surface area contributed by atoms with Crippen molar-refractivity contribution >= 4 is 17.2 Å². The number of carbonyl (C=O) groups excluding carboxylic acids is 1. The lowest BCUT2D eigenvalue weighted by Crippen LogP contribution is -2.39. The van der Waals surface area contributed by atoms with Crippen LogP contribution in [-0.2, 0) is 6.42 Å². The molecule has 1 atom stereocenters. The van der Waals surface area contributed by atoms with Crippen LogP contribution in [0.5, 0.6) is 0 Å². The van der Waals surface area contributed by atoms with Crippen LogP contribution in [0.25, 0.3) is 5.69 Å². The Morgan fingerprint density at radius 1 is 1.19 bits per heavy atom. The Balaban J connectivity index is 1.54. The number of para-hydroxylation sites is 1. The van der Waals surface area contributed by atoms with Gasteiger partial charge in [0.25, 0.3) is 5.91 Å². The Morgan fingerprint density at radius 2 is 2.00 bits per heavy atom. The van der Waals surface area contributed by atoms with Crippen LogP contribution in [0.4, 0.5) is 0 Å². The van der Waals surface area contributed by atoms with Gasteiger partial charge in [-0.05, 0) is 61.4 Å². The minimum absolute atomic E-state index is 0.0811. The van der Waals surface area contributed by atoms with Crippen LogP contribution in [-0.4, -0.2) is 27.1 Å². The van der Waals surface area contributed by atoms with Gasteiger partial charge in [0.15, 0.2) is 0 Å². The van der Waals surface area contributed by atoms with Crippen LogP contribution in [0, 0.1) is 0 Å². The van der Waals surface area contributed by atoms with Crippen molar-refractivity contribution in [2.75, 3.05) is 6.54 Å². The van der Waals surface area contributed by atoms with E-state index in [9.17, 15) is 4.79 Å². The summed E-state index contributed by atoms with van der Waals surface area (Å²) in [6.07, 6.45) is 3.30. The van der Waals surface area contributed by atoms with Crippen LogP contribution in [0.1, 0.15) is 58.3 Å². The number of hydrogen-bond donors (Lipinski definition) is 0. The molecule has 5 heteroatoms. The fourth-order valence-electron chi connectivity index (χ4n) is 3.83. The van der Waals surface area contributed by atoms with Gasteiger partial charge in [-0.25, -0.2) is 4.68 Å². The first-order valence-electron chi connectivity index (χ1n) is 9.25. The predicted molar refractivity (Wildman–Crippen MR) is 103 cm³/mol. The highest BCUT2D eigenvalue weighted by Crippen LogP contribution is 2.40. The van der Waals surface area contributed by atoms with E-state index in [0.29, 0.717) is 11.6 Å². The van der Waals surface area contributed by atoms with Gasteiger partial charge >= 0.3 is 0 Å². The maximum absolute atomic E-state index is 13.5. The molecule has 0 spiro atoms. The number of benzene rings is 1. The van der Waals surface area contributed by atoms with Crippen molar-refractivity contribution in [3.63, 3.8) is 0 Å². The third kappa shape index (κ3) is 2.58. The molecule has 3 heterocycles. The summed E-state index contributed by atoms with van der Waals surface area (Å²) >= 11 is 1.80. The Labute approximate surface area is 157 Å². The summed E-state index contributed by atoms with van der Waals surface area (Å²) in [7, 11) is 0. The molecule has 26 heavy (non-hydrogen) atoms. The zero-order valence-electron chi connectivity index (χ0n) is 14.8. The van der Waals surface area contributed by atoms with Gasteiger partial charge < -0.3 is 4.90 Å². The number of rotatable bonds is 3.